The molecule has 0 saturated heterocycles. The molecule has 0 aliphatic rings. The maximum atomic E-state index is 13.3. The standard InChI is InChI=1S/C19H18FN3O2/c20-14-8-9-16-15(11-14)18(24)17(12-22-16)23-19(25)21-10-4-7-13-5-2-1-3-6-13/h1-3,5-6,8-9,11-12H,4,7,10H2,(H,22,24)(H2,21,23,25). The van der Waals surface area contributed by atoms with Crippen LogP contribution in [0.2, 0.25) is 0 Å². The monoisotopic (exact) mass is 339 g/mol. The van der Waals surface area contributed by atoms with Crippen molar-refractivity contribution in [3.8, 4) is 0 Å². The number of hydrogen-bond acceptors (Lipinski definition) is 2. The highest BCUT2D eigenvalue weighted by Crippen LogP contribution is 2.12. The maximum absolute atomic E-state index is 13.3. The Hall–Kier alpha value is -3.15. The Bertz CT molecular complexity index is 938. The number of amides is 2. The summed E-state index contributed by atoms with van der Waals surface area (Å²) in [4.78, 5) is 27.1. The van der Waals surface area contributed by atoms with Crippen LogP contribution in [0.1, 0.15) is 12.0 Å². The van der Waals surface area contributed by atoms with E-state index >= 15 is 0 Å². The Kier molecular flexibility index (Phi) is 5.09. The number of carbonyl (C=O) groups is 1. The van der Waals surface area contributed by atoms with E-state index in [4.69, 9.17) is 0 Å². The Balaban J connectivity index is 1.57. The molecule has 3 N–H and O–H groups in total. The Morgan fingerprint density at radius 3 is 2.72 bits per heavy atom. The Labute approximate surface area is 143 Å². The molecule has 2 amide bonds. The number of nitrogens with one attached hydrogen (secondary N) is 3. The fourth-order valence-electron chi connectivity index (χ4n) is 2.59. The molecule has 0 aliphatic carbocycles. The summed E-state index contributed by atoms with van der Waals surface area (Å²) in [7, 11) is 0. The van der Waals surface area contributed by atoms with Gasteiger partial charge in [-0.3, -0.25) is 4.79 Å². The first-order chi connectivity index (χ1) is 12.1. The minimum atomic E-state index is -0.500. The molecule has 1 aromatic heterocycles. The summed E-state index contributed by atoms with van der Waals surface area (Å²) in [5.41, 5.74) is 1.38. The van der Waals surface area contributed by atoms with Crippen molar-refractivity contribution < 1.29 is 9.18 Å². The highest BCUT2D eigenvalue weighted by Gasteiger charge is 2.09. The minimum Gasteiger partial charge on any atom is -0.359 e. The van der Waals surface area contributed by atoms with Crippen LogP contribution in [0.3, 0.4) is 0 Å². The zero-order valence-electron chi connectivity index (χ0n) is 13.5. The average molecular weight is 339 g/mol. The molecule has 0 spiro atoms. The van der Waals surface area contributed by atoms with Crippen molar-refractivity contribution in [2.75, 3.05) is 11.9 Å². The van der Waals surface area contributed by atoms with Crippen molar-refractivity contribution in [2.45, 2.75) is 12.8 Å². The van der Waals surface area contributed by atoms with Crippen molar-refractivity contribution in [3.63, 3.8) is 0 Å². The molecule has 25 heavy (non-hydrogen) atoms. The smallest absolute Gasteiger partial charge is 0.319 e. The fraction of sp³-hybridized carbons (Fsp3) is 0.158. The molecule has 3 aromatic rings. The number of hydrogen-bond donors (Lipinski definition) is 3. The molecule has 0 atom stereocenters. The third kappa shape index (κ3) is 4.23. The number of rotatable bonds is 5. The normalized spacial score (nSPS) is 10.6. The predicted molar refractivity (Wildman–Crippen MR) is 96.3 cm³/mol. The fourth-order valence-corrected chi connectivity index (χ4v) is 2.59. The average Bonchev–Trinajstić information content (AvgIpc) is 2.62. The Morgan fingerprint density at radius 2 is 1.92 bits per heavy atom. The van der Waals surface area contributed by atoms with Crippen LogP contribution in [0.15, 0.2) is 59.5 Å². The molecule has 0 aliphatic heterocycles. The van der Waals surface area contributed by atoms with Crippen molar-refractivity contribution in [1.29, 1.82) is 0 Å². The number of benzene rings is 2. The summed E-state index contributed by atoms with van der Waals surface area (Å²) in [5.74, 6) is -0.500. The van der Waals surface area contributed by atoms with Gasteiger partial charge in [0.05, 0.1) is 5.39 Å². The first-order valence-corrected chi connectivity index (χ1v) is 8.03. The van der Waals surface area contributed by atoms with E-state index in [1.54, 1.807) is 0 Å². The van der Waals surface area contributed by atoms with Gasteiger partial charge in [0.2, 0.25) is 5.43 Å². The summed E-state index contributed by atoms with van der Waals surface area (Å²) >= 11 is 0. The number of aryl methyl sites for hydroxylation is 1. The lowest BCUT2D eigenvalue weighted by atomic mass is 10.1. The summed E-state index contributed by atoms with van der Waals surface area (Å²) in [6.45, 7) is 0.487. The number of pyridine rings is 1. The molecule has 1 heterocycles. The molecular weight excluding hydrogens is 321 g/mol. The number of fused-ring (bicyclic) bond motifs is 1. The van der Waals surface area contributed by atoms with Gasteiger partial charge >= 0.3 is 6.03 Å². The van der Waals surface area contributed by atoms with Gasteiger partial charge in [-0.2, -0.15) is 0 Å². The maximum Gasteiger partial charge on any atom is 0.319 e. The zero-order valence-corrected chi connectivity index (χ0v) is 13.5. The van der Waals surface area contributed by atoms with Crippen molar-refractivity contribution in [3.05, 3.63) is 76.3 Å². The zero-order chi connectivity index (χ0) is 17.6. The SMILES string of the molecule is O=C(NCCCc1ccccc1)Nc1c[nH]c2ccc(F)cc2c1=O. The van der Waals surface area contributed by atoms with Crippen molar-refractivity contribution in [1.82, 2.24) is 10.3 Å². The predicted octanol–water partition coefficient (Wildman–Crippen LogP) is 3.42. The molecule has 0 saturated carbocycles. The molecule has 3 rings (SSSR count). The largest absolute Gasteiger partial charge is 0.359 e. The van der Waals surface area contributed by atoms with E-state index in [9.17, 15) is 14.0 Å². The molecule has 0 radical (unpaired) electrons. The lowest BCUT2D eigenvalue weighted by molar-refractivity contribution is 0.252. The second-order valence-corrected chi connectivity index (χ2v) is 5.69. The quantitative estimate of drug-likeness (QED) is 0.623. The highest BCUT2D eigenvalue weighted by molar-refractivity contribution is 5.91. The van der Waals surface area contributed by atoms with Crippen LogP contribution in [-0.4, -0.2) is 17.6 Å². The lowest BCUT2D eigenvalue weighted by Gasteiger charge is -2.08. The molecule has 2 aromatic carbocycles. The number of urea groups is 1. The second-order valence-electron chi connectivity index (χ2n) is 5.69. The van der Waals surface area contributed by atoms with Crippen LogP contribution >= 0.6 is 0 Å². The first kappa shape index (κ1) is 16.7. The number of aromatic amines is 1. The van der Waals surface area contributed by atoms with Crippen LogP contribution in [0, 0.1) is 5.82 Å². The third-order valence-corrected chi connectivity index (χ3v) is 3.86. The van der Waals surface area contributed by atoms with Crippen LogP contribution in [0.4, 0.5) is 14.9 Å². The van der Waals surface area contributed by atoms with Crippen molar-refractivity contribution in [2.24, 2.45) is 0 Å². The van der Waals surface area contributed by atoms with Gasteiger partial charge in [0.25, 0.3) is 0 Å². The van der Waals surface area contributed by atoms with Gasteiger partial charge in [0.15, 0.2) is 0 Å². The van der Waals surface area contributed by atoms with E-state index in [0.717, 1.165) is 18.9 Å². The number of anilines is 1. The van der Waals surface area contributed by atoms with E-state index in [2.05, 4.69) is 15.6 Å². The van der Waals surface area contributed by atoms with Crippen LogP contribution < -0.4 is 16.1 Å². The van der Waals surface area contributed by atoms with Gasteiger partial charge in [0.1, 0.15) is 11.5 Å². The highest BCUT2D eigenvalue weighted by atomic mass is 19.1. The van der Waals surface area contributed by atoms with Gasteiger partial charge in [0, 0.05) is 18.3 Å². The van der Waals surface area contributed by atoms with E-state index in [1.807, 2.05) is 30.3 Å². The minimum absolute atomic E-state index is 0.0821. The van der Waals surface area contributed by atoms with Crippen LogP contribution in [0.5, 0.6) is 0 Å². The summed E-state index contributed by atoms with van der Waals surface area (Å²) in [6, 6.07) is 13.4. The first-order valence-electron chi connectivity index (χ1n) is 8.03. The molecule has 128 valence electrons. The van der Waals surface area contributed by atoms with Gasteiger partial charge < -0.3 is 15.6 Å². The molecule has 0 fully saturated rings. The van der Waals surface area contributed by atoms with Gasteiger partial charge in [-0.1, -0.05) is 30.3 Å². The molecule has 5 nitrogen and oxygen atoms in total. The lowest BCUT2D eigenvalue weighted by Crippen LogP contribution is -2.31. The number of H-pyrrole nitrogens is 1. The molecule has 0 unspecified atom stereocenters. The van der Waals surface area contributed by atoms with E-state index in [0.29, 0.717) is 12.1 Å². The van der Waals surface area contributed by atoms with Crippen LogP contribution in [-0.2, 0) is 6.42 Å². The van der Waals surface area contributed by atoms with Gasteiger partial charge in [-0.15, -0.1) is 0 Å². The number of halogens is 1. The van der Waals surface area contributed by atoms with Crippen LogP contribution in [0.25, 0.3) is 10.9 Å². The molecular formula is C19H18FN3O2. The summed E-state index contributed by atoms with van der Waals surface area (Å²) in [5, 5.41) is 5.41. The van der Waals surface area contributed by atoms with E-state index in [1.165, 1.54) is 23.9 Å². The number of carbonyl (C=O) groups excluding carboxylic acids is 1. The third-order valence-electron chi connectivity index (χ3n) is 3.86. The van der Waals surface area contributed by atoms with E-state index < -0.39 is 17.3 Å². The second kappa shape index (κ2) is 7.61. The molecule has 0 bridgehead atoms. The number of aromatic nitrogens is 1. The van der Waals surface area contributed by atoms with Gasteiger partial charge in [-0.05, 0) is 36.6 Å². The Morgan fingerprint density at radius 1 is 1.12 bits per heavy atom. The molecule has 6 heteroatoms. The van der Waals surface area contributed by atoms with Crippen molar-refractivity contribution >= 4 is 22.6 Å². The summed E-state index contributed by atoms with van der Waals surface area (Å²) < 4.78 is 13.3. The topological polar surface area (TPSA) is 74.0 Å². The van der Waals surface area contributed by atoms with E-state index in [-0.39, 0.29) is 11.1 Å². The summed E-state index contributed by atoms with van der Waals surface area (Å²) in [6.07, 6.45) is 3.06. The van der Waals surface area contributed by atoms with Gasteiger partial charge in [-0.25, -0.2) is 9.18 Å².